The molecule has 5 heteroatoms. The fraction of sp³-hybridized carbons (Fsp3) is 0.333. The number of hydrogen-bond acceptors (Lipinski definition) is 4. The largest absolute Gasteiger partial charge is 0.496 e. The fourth-order valence-electron chi connectivity index (χ4n) is 1.59. The number of benzene rings is 1. The number of hydrogen-bond donors (Lipinski definition) is 1. The quantitative estimate of drug-likeness (QED) is 0.612. The van der Waals surface area contributed by atoms with Gasteiger partial charge in [-0.1, -0.05) is 12.1 Å². The monoisotopic (exact) mass is 237 g/mol. The second-order valence-corrected chi connectivity index (χ2v) is 3.87. The number of para-hydroxylation sites is 1. The molecule has 0 aromatic heterocycles. The van der Waals surface area contributed by atoms with Crippen LogP contribution < -0.4 is 4.74 Å². The highest BCUT2D eigenvalue weighted by atomic mass is 16.5. The van der Waals surface area contributed by atoms with Gasteiger partial charge in [0.25, 0.3) is 5.78 Å². The van der Waals surface area contributed by atoms with Crippen molar-refractivity contribution in [2.75, 3.05) is 21.2 Å². The third-order valence-corrected chi connectivity index (χ3v) is 2.23. The molecule has 1 aromatic carbocycles. The molecular weight excluding hydrogens is 222 g/mol. The highest BCUT2D eigenvalue weighted by molar-refractivity contribution is 6.40. The summed E-state index contributed by atoms with van der Waals surface area (Å²) >= 11 is 0. The molecule has 0 amide bonds. The Kier molecular flexibility index (Phi) is 4.23. The van der Waals surface area contributed by atoms with Crippen molar-refractivity contribution >= 4 is 11.8 Å². The van der Waals surface area contributed by atoms with Gasteiger partial charge in [-0.05, 0) is 20.2 Å². The highest BCUT2D eigenvalue weighted by Gasteiger charge is 2.21. The van der Waals surface area contributed by atoms with Crippen LogP contribution in [0.15, 0.2) is 18.2 Å². The zero-order valence-corrected chi connectivity index (χ0v) is 10.1. The molecule has 0 radical (unpaired) electrons. The number of carbonyl (C=O) groups excluding carboxylic acids is 1. The lowest BCUT2D eigenvalue weighted by Gasteiger charge is -2.15. The van der Waals surface area contributed by atoms with Gasteiger partial charge in [0.15, 0.2) is 0 Å². The molecule has 92 valence electrons. The van der Waals surface area contributed by atoms with E-state index in [1.165, 1.54) is 13.2 Å². The third kappa shape index (κ3) is 3.04. The van der Waals surface area contributed by atoms with Gasteiger partial charge in [0, 0.05) is 12.1 Å². The van der Waals surface area contributed by atoms with Gasteiger partial charge in [-0.15, -0.1) is 0 Å². The van der Waals surface area contributed by atoms with Crippen LogP contribution in [0.5, 0.6) is 5.75 Å². The number of carboxylic acids is 1. The fourth-order valence-corrected chi connectivity index (χ4v) is 1.59. The van der Waals surface area contributed by atoms with Crippen LogP contribution in [-0.4, -0.2) is 43.0 Å². The molecule has 17 heavy (non-hydrogen) atoms. The number of ether oxygens (including phenoxy) is 1. The van der Waals surface area contributed by atoms with Crippen LogP contribution in [-0.2, 0) is 11.3 Å². The van der Waals surface area contributed by atoms with E-state index in [1.54, 1.807) is 12.1 Å². The molecule has 0 aliphatic carbocycles. The summed E-state index contributed by atoms with van der Waals surface area (Å²) in [6.45, 7) is 0.573. The number of nitrogens with zero attached hydrogens (tertiary/aromatic N) is 1. The van der Waals surface area contributed by atoms with Crippen LogP contribution in [0, 0.1) is 0 Å². The first-order chi connectivity index (χ1) is 7.97. The van der Waals surface area contributed by atoms with E-state index in [1.807, 2.05) is 19.0 Å². The van der Waals surface area contributed by atoms with Crippen LogP contribution in [0.25, 0.3) is 0 Å². The van der Waals surface area contributed by atoms with Crippen molar-refractivity contribution in [1.82, 2.24) is 4.90 Å². The van der Waals surface area contributed by atoms with Gasteiger partial charge in [0.1, 0.15) is 5.75 Å². The second-order valence-electron chi connectivity index (χ2n) is 3.87. The maximum atomic E-state index is 11.5. The summed E-state index contributed by atoms with van der Waals surface area (Å²) in [7, 11) is 5.18. The Bertz CT molecular complexity index is 440. The number of aliphatic carboxylic acids is 1. The molecule has 1 aromatic rings. The lowest BCUT2D eigenvalue weighted by Crippen LogP contribution is -2.16. The number of ketones is 1. The Morgan fingerprint density at radius 3 is 2.47 bits per heavy atom. The van der Waals surface area contributed by atoms with Gasteiger partial charge in [-0.2, -0.15) is 0 Å². The Balaban J connectivity index is 3.23. The summed E-state index contributed by atoms with van der Waals surface area (Å²) in [6, 6.07) is 4.91. The molecule has 0 bridgehead atoms. The molecule has 0 aliphatic rings. The minimum Gasteiger partial charge on any atom is -0.496 e. The summed E-state index contributed by atoms with van der Waals surface area (Å²) < 4.78 is 5.14. The van der Waals surface area contributed by atoms with E-state index in [-0.39, 0.29) is 5.56 Å². The van der Waals surface area contributed by atoms with E-state index in [0.29, 0.717) is 12.3 Å². The average molecular weight is 237 g/mol. The van der Waals surface area contributed by atoms with Crippen LogP contribution in [0.3, 0.4) is 0 Å². The van der Waals surface area contributed by atoms with Crippen molar-refractivity contribution in [1.29, 1.82) is 0 Å². The van der Waals surface area contributed by atoms with Crippen molar-refractivity contribution in [2.24, 2.45) is 0 Å². The lowest BCUT2D eigenvalue weighted by molar-refractivity contribution is -0.131. The molecule has 0 aliphatic heterocycles. The highest BCUT2D eigenvalue weighted by Crippen LogP contribution is 2.25. The molecule has 0 saturated carbocycles. The summed E-state index contributed by atoms with van der Waals surface area (Å²) in [5.74, 6) is -2.11. The molecule has 0 unspecified atom stereocenters. The van der Waals surface area contributed by atoms with Crippen molar-refractivity contribution in [2.45, 2.75) is 6.54 Å². The minimum absolute atomic E-state index is 0.0827. The van der Waals surface area contributed by atoms with Gasteiger partial charge in [-0.3, -0.25) is 4.79 Å². The summed E-state index contributed by atoms with van der Waals surface area (Å²) in [6.07, 6.45) is 0. The zero-order chi connectivity index (χ0) is 13.0. The zero-order valence-electron chi connectivity index (χ0n) is 10.1. The first-order valence-electron chi connectivity index (χ1n) is 5.05. The van der Waals surface area contributed by atoms with Crippen LogP contribution in [0.2, 0.25) is 0 Å². The SMILES string of the molecule is COc1c(CN(C)C)cccc1C(=O)C(=O)O. The summed E-state index contributed by atoms with van der Waals surface area (Å²) in [5, 5.41) is 8.71. The van der Waals surface area contributed by atoms with E-state index in [9.17, 15) is 9.59 Å². The predicted molar refractivity (Wildman–Crippen MR) is 62.4 cm³/mol. The standard InChI is InChI=1S/C12H15NO4/c1-13(2)7-8-5-4-6-9(11(8)17-3)10(14)12(15)16/h4-6H,7H2,1-3H3,(H,15,16). The number of Topliss-reactive ketones (excluding diaryl/α,β-unsaturated/α-hetero) is 1. The maximum absolute atomic E-state index is 11.5. The van der Waals surface area contributed by atoms with E-state index in [0.717, 1.165) is 5.56 Å². The molecule has 5 nitrogen and oxygen atoms in total. The Morgan fingerprint density at radius 2 is 2.00 bits per heavy atom. The lowest BCUT2D eigenvalue weighted by atomic mass is 10.0. The maximum Gasteiger partial charge on any atom is 0.377 e. The molecule has 0 saturated heterocycles. The minimum atomic E-state index is -1.48. The van der Waals surface area contributed by atoms with Crippen molar-refractivity contribution < 1.29 is 19.4 Å². The van der Waals surface area contributed by atoms with Crippen molar-refractivity contribution in [3.8, 4) is 5.75 Å². The van der Waals surface area contributed by atoms with Crippen molar-refractivity contribution in [3.05, 3.63) is 29.3 Å². The van der Waals surface area contributed by atoms with Gasteiger partial charge in [0.05, 0.1) is 12.7 Å². The van der Waals surface area contributed by atoms with E-state index < -0.39 is 11.8 Å². The van der Waals surface area contributed by atoms with Crippen LogP contribution in [0.1, 0.15) is 15.9 Å². The average Bonchev–Trinajstić information content (AvgIpc) is 2.26. The van der Waals surface area contributed by atoms with Gasteiger partial charge in [-0.25, -0.2) is 4.79 Å². The van der Waals surface area contributed by atoms with E-state index in [2.05, 4.69) is 0 Å². The van der Waals surface area contributed by atoms with E-state index >= 15 is 0 Å². The smallest absolute Gasteiger partial charge is 0.377 e. The molecule has 0 atom stereocenters. The molecular formula is C12H15NO4. The molecule has 0 spiro atoms. The Labute approximate surface area is 99.6 Å². The van der Waals surface area contributed by atoms with Crippen LogP contribution >= 0.6 is 0 Å². The molecule has 0 heterocycles. The number of carbonyl (C=O) groups is 2. The molecule has 0 fully saturated rings. The first kappa shape index (κ1) is 13.2. The third-order valence-electron chi connectivity index (χ3n) is 2.23. The van der Waals surface area contributed by atoms with Crippen LogP contribution in [0.4, 0.5) is 0 Å². The molecule has 1 rings (SSSR count). The van der Waals surface area contributed by atoms with Gasteiger partial charge in [0.2, 0.25) is 0 Å². The molecule has 1 N–H and O–H groups in total. The Morgan fingerprint density at radius 1 is 1.35 bits per heavy atom. The topological polar surface area (TPSA) is 66.8 Å². The number of carboxylic acid groups (broad SMARTS) is 1. The second kappa shape index (κ2) is 5.45. The Hall–Kier alpha value is -1.88. The number of rotatable bonds is 5. The summed E-state index contributed by atoms with van der Waals surface area (Å²) in [4.78, 5) is 24.1. The summed E-state index contributed by atoms with van der Waals surface area (Å²) in [5.41, 5.74) is 0.865. The van der Waals surface area contributed by atoms with Gasteiger partial charge < -0.3 is 14.7 Å². The van der Waals surface area contributed by atoms with Crippen molar-refractivity contribution in [3.63, 3.8) is 0 Å². The van der Waals surface area contributed by atoms with E-state index in [4.69, 9.17) is 9.84 Å². The van der Waals surface area contributed by atoms with Gasteiger partial charge >= 0.3 is 5.97 Å². The normalized spacial score (nSPS) is 10.4. The number of methoxy groups -OCH3 is 1. The predicted octanol–water partition coefficient (Wildman–Crippen LogP) is 1.02. The first-order valence-corrected chi connectivity index (χ1v) is 5.05.